The first kappa shape index (κ1) is 16.7. The number of carbonyl (C=O) groups excluding carboxylic acids is 1. The first-order valence-corrected chi connectivity index (χ1v) is 8.81. The zero-order valence-electron chi connectivity index (χ0n) is 14.2. The van der Waals surface area contributed by atoms with E-state index >= 15 is 0 Å². The van der Waals surface area contributed by atoms with Crippen LogP contribution in [0.3, 0.4) is 0 Å². The molecule has 1 aromatic rings. The van der Waals surface area contributed by atoms with Gasteiger partial charge in [0.15, 0.2) is 0 Å². The lowest BCUT2D eigenvalue weighted by Crippen LogP contribution is -2.43. The predicted octanol–water partition coefficient (Wildman–Crippen LogP) is 3.72. The topological polar surface area (TPSA) is 84.3 Å². The lowest BCUT2D eigenvalue weighted by molar-refractivity contribution is -0.384. The summed E-state index contributed by atoms with van der Waals surface area (Å²) in [5.74, 6) is 0.791. The summed E-state index contributed by atoms with van der Waals surface area (Å²) in [7, 11) is 0. The normalized spacial score (nSPS) is 26.7. The van der Waals surface area contributed by atoms with E-state index in [2.05, 4.69) is 24.5 Å². The Morgan fingerprint density at radius 3 is 2.62 bits per heavy atom. The molecule has 2 aliphatic carbocycles. The van der Waals surface area contributed by atoms with Gasteiger partial charge in [-0.1, -0.05) is 26.7 Å². The smallest absolute Gasteiger partial charge is 0.293 e. The highest BCUT2D eigenvalue weighted by Gasteiger charge is 2.29. The number of carbonyl (C=O) groups is 1. The second-order valence-corrected chi connectivity index (χ2v) is 7.25. The SMILES string of the molecule is CC1CCCC(NC(=O)c2ccc(NC3CC3)c([N+](=O)[O-])c2)C1C. The molecule has 2 N–H and O–H groups in total. The Hall–Kier alpha value is -2.11. The van der Waals surface area contributed by atoms with Gasteiger partial charge in [-0.05, 0) is 43.2 Å². The van der Waals surface area contributed by atoms with E-state index in [-0.39, 0.29) is 17.6 Å². The number of benzene rings is 1. The molecule has 3 atom stereocenters. The van der Waals surface area contributed by atoms with Crippen LogP contribution in [0.15, 0.2) is 18.2 Å². The molecule has 1 amide bonds. The lowest BCUT2D eigenvalue weighted by atomic mass is 9.78. The third-order valence-electron chi connectivity index (χ3n) is 5.42. The maximum Gasteiger partial charge on any atom is 0.293 e. The van der Waals surface area contributed by atoms with Crippen LogP contribution in [0, 0.1) is 22.0 Å². The molecule has 6 nitrogen and oxygen atoms in total. The van der Waals surface area contributed by atoms with E-state index in [1.165, 1.54) is 12.5 Å². The Kier molecular flexibility index (Phi) is 4.73. The summed E-state index contributed by atoms with van der Waals surface area (Å²) in [5.41, 5.74) is 0.826. The van der Waals surface area contributed by atoms with Gasteiger partial charge >= 0.3 is 0 Å². The largest absolute Gasteiger partial charge is 0.377 e. The second-order valence-electron chi connectivity index (χ2n) is 7.25. The fraction of sp³-hybridized carbons (Fsp3) is 0.611. The van der Waals surface area contributed by atoms with Crippen molar-refractivity contribution in [1.82, 2.24) is 5.32 Å². The molecule has 130 valence electrons. The Bertz CT molecular complexity index is 642. The Morgan fingerprint density at radius 1 is 1.21 bits per heavy atom. The van der Waals surface area contributed by atoms with E-state index < -0.39 is 4.92 Å². The number of hydrogen-bond donors (Lipinski definition) is 2. The first-order chi connectivity index (χ1) is 11.5. The second kappa shape index (κ2) is 6.79. The molecule has 6 heteroatoms. The zero-order chi connectivity index (χ0) is 17.3. The van der Waals surface area contributed by atoms with Crippen LogP contribution in [0.1, 0.15) is 56.3 Å². The van der Waals surface area contributed by atoms with Crippen molar-refractivity contribution in [3.63, 3.8) is 0 Å². The summed E-state index contributed by atoms with van der Waals surface area (Å²) in [6.07, 6.45) is 5.36. The van der Waals surface area contributed by atoms with Crippen LogP contribution in [-0.2, 0) is 0 Å². The molecule has 0 radical (unpaired) electrons. The van der Waals surface area contributed by atoms with E-state index in [9.17, 15) is 14.9 Å². The third kappa shape index (κ3) is 3.68. The number of amides is 1. The van der Waals surface area contributed by atoms with Crippen LogP contribution in [0.2, 0.25) is 0 Å². The zero-order valence-corrected chi connectivity index (χ0v) is 14.2. The lowest BCUT2D eigenvalue weighted by Gasteiger charge is -2.34. The van der Waals surface area contributed by atoms with Crippen LogP contribution in [0.5, 0.6) is 0 Å². The summed E-state index contributed by atoms with van der Waals surface area (Å²) in [6, 6.07) is 5.18. The molecular formula is C18H25N3O3. The fourth-order valence-electron chi connectivity index (χ4n) is 3.43. The van der Waals surface area contributed by atoms with E-state index in [0.29, 0.717) is 29.1 Å². The van der Waals surface area contributed by atoms with E-state index in [4.69, 9.17) is 0 Å². The summed E-state index contributed by atoms with van der Waals surface area (Å²) in [4.78, 5) is 23.4. The molecule has 3 rings (SSSR count). The minimum atomic E-state index is -0.424. The van der Waals surface area contributed by atoms with Crippen molar-refractivity contribution >= 4 is 17.3 Å². The highest BCUT2D eigenvalue weighted by Crippen LogP contribution is 2.32. The standard InChI is InChI=1S/C18H25N3O3/c1-11-4-3-5-15(12(11)2)20-18(22)13-6-9-16(19-14-7-8-14)17(10-13)21(23)24/h6,9-12,14-15,19H,3-5,7-8H2,1-2H3,(H,20,22). The van der Waals surface area contributed by atoms with Gasteiger partial charge in [0, 0.05) is 23.7 Å². The summed E-state index contributed by atoms with van der Waals surface area (Å²) >= 11 is 0. The van der Waals surface area contributed by atoms with Crippen LogP contribution >= 0.6 is 0 Å². The minimum Gasteiger partial charge on any atom is -0.377 e. The van der Waals surface area contributed by atoms with E-state index in [0.717, 1.165) is 25.7 Å². The molecule has 3 unspecified atom stereocenters. The number of nitrogens with one attached hydrogen (secondary N) is 2. The monoisotopic (exact) mass is 331 g/mol. The fourth-order valence-corrected chi connectivity index (χ4v) is 3.43. The summed E-state index contributed by atoms with van der Waals surface area (Å²) in [5, 5.41) is 17.5. The third-order valence-corrected chi connectivity index (χ3v) is 5.42. The number of nitro benzene ring substituents is 1. The molecule has 24 heavy (non-hydrogen) atoms. The molecule has 2 saturated carbocycles. The average Bonchev–Trinajstić information content (AvgIpc) is 3.36. The van der Waals surface area contributed by atoms with Crippen molar-refractivity contribution in [2.45, 2.75) is 58.0 Å². The molecule has 2 fully saturated rings. The van der Waals surface area contributed by atoms with Gasteiger partial charge < -0.3 is 10.6 Å². The molecule has 0 heterocycles. The molecule has 0 bridgehead atoms. The van der Waals surface area contributed by atoms with Gasteiger partial charge in [-0.25, -0.2) is 0 Å². The predicted molar refractivity (Wildman–Crippen MR) is 93.2 cm³/mol. The van der Waals surface area contributed by atoms with Crippen LogP contribution < -0.4 is 10.6 Å². The molecular weight excluding hydrogens is 306 g/mol. The van der Waals surface area contributed by atoms with Crippen molar-refractivity contribution in [2.24, 2.45) is 11.8 Å². The highest BCUT2D eigenvalue weighted by molar-refractivity contribution is 5.96. The summed E-state index contributed by atoms with van der Waals surface area (Å²) < 4.78 is 0. The van der Waals surface area contributed by atoms with Crippen molar-refractivity contribution in [3.05, 3.63) is 33.9 Å². The Balaban J connectivity index is 1.74. The highest BCUT2D eigenvalue weighted by atomic mass is 16.6. The Morgan fingerprint density at radius 2 is 1.96 bits per heavy atom. The van der Waals surface area contributed by atoms with E-state index in [1.54, 1.807) is 12.1 Å². The quantitative estimate of drug-likeness (QED) is 0.636. The first-order valence-electron chi connectivity index (χ1n) is 8.81. The molecule has 0 saturated heterocycles. The number of nitrogens with zero attached hydrogens (tertiary/aromatic N) is 1. The van der Waals surface area contributed by atoms with Gasteiger partial charge in [0.1, 0.15) is 5.69 Å². The number of anilines is 1. The van der Waals surface area contributed by atoms with Crippen LogP contribution in [-0.4, -0.2) is 22.9 Å². The van der Waals surface area contributed by atoms with Gasteiger partial charge in [-0.3, -0.25) is 14.9 Å². The van der Waals surface area contributed by atoms with Crippen LogP contribution in [0.25, 0.3) is 0 Å². The minimum absolute atomic E-state index is 0.0281. The Labute approximate surface area is 142 Å². The number of hydrogen-bond acceptors (Lipinski definition) is 4. The van der Waals surface area contributed by atoms with Gasteiger partial charge in [0.2, 0.25) is 0 Å². The molecule has 0 spiro atoms. The van der Waals surface area contributed by atoms with E-state index in [1.807, 2.05) is 0 Å². The van der Waals surface area contributed by atoms with Crippen molar-refractivity contribution in [3.8, 4) is 0 Å². The van der Waals surface area contributed by atoms with Crippen LogP contribution in [0.4, 0.5) is 11.4 Å². The molecule has 2 aliphatic rings. The van der Waals surface area contributed by atoms with Gasteiger partial charge in [0.05, 0.1) is 4.92 Å². The molecule has 0 aromatic heterocycles. The van der Waals surface area contributed by atoms with Gasteiger partial charge in [-0.2, -0.15) is 0 Å². The molecule has 0 aliphatic heterocycles. The van der Waals surface area contributed by atoms with Gasteiger partial charge in [0.25, 0.3) is 11.6 Å². The molecule has 1 aromatic carbocycles. The maximum atomic E-state index is 12.5. The summed E-state index contributed by atoms with van der Waals surface area (Å²) in [6.45, 7) is 4.38. The van der Waals surface area contributed by atoms with Crippen molar-refractivity contribution in [2.75, 3.05) is 5.32 Å². The van der Waals surface area contributed by atoms with Crippen molar-refractivity contribution < 1.29 is 9.72 Å². The maximum absolute atomic E-state index is 12.5. The number of rotatable bonds is 5. The van der Waals surface area contributed by atoms with Gasteiger partial charge in [-0.15, -0.1) is 0 Å². The average molecular weight is 331 g/mol. The van der Waals surface area contributed by atoms with Crippen molar-refractivity contribution in [1.29, 1.82) is 0 Å². The number of nitro groups is 1.